The van der Waals surface area contributed by atoms with E-state index in [0.717, 1.165) is 6.07 Å². The van der Waals surface area contributed by atoms with Crippen LogP contribution in [0.25, 0.3) is 11.0 Å². The molecule has 0 spiro atoms. The zero-order valence-corrected chi connectivity index (χ0v) is 17.9. The lowest BCUT2D eigenvalue weighted by Gasteiger charge is -2.42. The van der Waals surface area contributed by atoms with E-state index in [1.165, 1.54) is 25.1 Å². The molecule has 188 valence electrons. The maximum absolute atomic E-state index is 11.5. The predicted octanol–water partition coefficient (Wildman–Crippen LogP) is -2.47. The highest BCUT2D eigenvalue weighted by Gasteiger charge is 2.47. The van der Waals surface area contributed by atoms with Crippen molar-refractivity contribution < 1.29 is 59.1 Å². The van der Waals surface area contributed by atoms with Crippen LogP contribution in [0.4, 0.5) is 0 Å². The average Bonchev–Trinajstić information content (AvgIpc) is 2.80. The highest BCUT2D eigenvalue weighted by Crippen LogP contribution is 2.32. The van der Waals surface area contributed by atoms with E-state index in [9.17, 15) is 40.5 Å². The third kappa shape index (κ3) is 4.75. The summed E-state index contributed by atoms with van der Waals surface area (Å²) in [6.07, 6.45) is -14.5. The highest BCUT2D eigenvalue weighted by atomic mass is 16.7. The second kappa shape index (κ2) is 9.73. The molecule has 0 bridgehead atoms. The molecule has 1 aromatic carbocycles. The van der Waals surface area contributed by atoms with Crippen LogP contribution in [0.1, 0.15) is 6.92 Å². The van der Waals surface area contributed by atoms with Crippen LogP contribution in [0.2, 0.25) is 0 Å². The first-order chi connectivity index (χ1) is 16.1. The second-order valence-corrected chi connectivity index (χ2v) is 8.26. The van der Waals surface area contributed by atoms with Gasteiger partial charge < -0.3 is 59.1 Å². The van der Waals surface area contributed by atoms with Crippen molar-refractivity contribution in [2.45, 2.75) is 68.3 Å². The Balaban J connectivity index is 1.47. The molecule has 2 saturated heterocycles. The number of hydrogen-bond donors (Lipinski definition) is 7. The molecule has 2 aliphatic rings. The molecule has 4 rings (SSSR count). The summed E-state index contributed by atoms with van der Waals surface area (Å²) >= 11 is 0. The van der Waals surface area contributed by atoms with E-state index < -0.39 is 73.6 Å². The van der Waals surface area contributed by atoms with Crippen LogP contribution in [0.3, 0.4) is 0 Å². The number of aromatic hydroxyl groups is 1. The van der Waals surface area contributed by atoms with Crippen molar-refractivity contribution in [1.82, 2.24) is 0 Å². The molecule has 0 aliphatic carbocycles. The van der Waals surface area contributed by atoms with Crippen LogP contribution in [0.5, 0.6) is 11.5 Å². The number of aliphatic hydroxyl groups is 6. The van der Waals surface area contributed by atoms with Gasteiger partial charge in [0.15, 0.2) is 6.29 Å². The molecular formula is C21H26O13. The zero-order valence-electron chi connectivity index (χ0n) is 17.9. The summed E-state index contributed by atoms with van der Waals surface area (Å²) in [5, 5.41) is 71.0. The molecule has 0 unspecified atom stereocenters. The number of phenols is 1. The molecule has 3 heterocycles. The molecule has 0 saturated carbocycles. The van der Waals surface area contributed by atoms with Gasteiger partial charge in [0.1, 0.15) is 59.8 Å². The normalized spacial score (nSPS) is 38.7. The molecule has 2 aromatic rings. The van der Waals surface area contributed by atoms with Gasteiger partial charge in [-0.1, -0.05) is 0 Å². The van der Waals surface area contributed by atoms with E-state index in [2.05, 4.69) is 0 Å². The minimum Gasteiger partial charge on any atom is -0.507 e. The summed E-state index contributed by atoms with van der Waals surface area (Å²) in [5.74, 6) is -0.344. The van der Waals surface area contributed by atoms with Gasteiger partial charge in [0.05, 0.1) is 18.1 Å². The first kappa shape index (κ1) is 24.8. The first-order valence-electron chi connectivity index (χ1n) is 10.5. The molecule has 2 aliphatic heterocycles. The van der Waals surface area contributed by atoms with Gasteiger partial charge >= 0.3 is 5.63 Å². The molecule has 10 atom stereocenters. The van der Waals surface area contributed by atoms with Crippen LogP contribution in [0.15, 0.2) is 33.5 Å². The Morgan fingerprint density at radius 3 is 2.26 bits per heavy atom. The SMILES string of the molecule is C[C@@H]1O[C@@H](OC[C@H]2O[C@@H](Oc3cc(O)c4ccc(=O)oc4c3)[C@H](O)[C@@H](O)[C@@H]2O)[C@H](O)[C@H](O)[C@H]1O. The molecule has 13 heteroatoms. The minimum absolute atomic E-state index is 0.00608. The maximum atomic E-state index is 11.5. The number of hydrogen-bond acceptors (Lipinski definition) is 13. The Hall–Kier alpha value is -2.33. The molecule has 0 radical (unpaired) electrons. The molecule has 0 amide bonds. The Kier molecular flexibility index (Phi) is 7.09. The minimum atomic E-state index is -1.72. The maximum Gasteiger partial charge on any atom is 0.336 e. The fraction of sp³-hybridized carbons (Fsp3) is 0.571. The van der Waals surface area contributed by atoms with Gasteiger partial charge in [-0.05, 0) is 13.0 Å². The van der Waals surface area contributed by atoms with Gasteiger partial charge in [-0.15, -0.1) is 0 Å². The van der Waals surface area contributed by atoms with E-state index in [1.807, 2.05) is 0 Å². The smallest absolute Gasteiger partial charge is 0.336 e. The van der Waals surface area contributed by atoms with Crippen LogP contribution in [-0.4, -0.2) is 104 Å². The molecule has 1 aromatic heterocycles. The molecule has 7 N–H and O–H groups in total. The Labute approximate surface area is 191 Å². The monoisotopic (exact) mass is 486 g/mol. The largest absolute Gasteiger partial charge is 0.507 e. The molecule has 2 fully saturated rings. The van der Waals surface area contributed by atoms with Gasteiger partial charge in [-0.25, -0.2) is 4.79 Å². The summed E-state index contributed by atoms with van der Waals surface area (Å²) in [6, 6.07) is 4.95. The summed E-state index contributed by atoms with van der Waals surface area (Å²) < 4.78 is 26.8. The Bertz CT molecular complexity index is 1060. The van der Waals surface area contributed by atoms with E-state index in [0.29, 0.717) is 0 Å². The van der Waals surface area contributed by atoms with Crippen molar-refractivity contribution in [3.63, 3.8) is 0 Å². The number of fused-ring (bicyclic) bond motifs is 1. The van der Waals surface area contributed by atoms with Crippen molar-refractivity contribution in [3.05, 3.63) is 34.7 Å². The number of aliphatic hydroxyl groups excluding tert-OH is 6. The Morgan fingerprint density at radius 1 is 0.853 bits per heavy atom. The van der Waals surface area contributed by atoms with Gasteiger partial charge in [0, 0.05) is 18.2 Å². The van der Waals surface area contributed by atoms with Crippen LogP contribution in [-0.2, 0) is 14.2 Å². The number of rotatable bonds is 5. The summed E-state index contributed by atoms with van der Waals surface area (Å²) in [4.78, 5) is 11.5. The van der Waals surface area contributed by atoms with Crippen molar-refractivity contribution in [2.24, 2.45) is 0 Å². The number of phenolic OH excluding ortho intramolecular Hbond substituents is 1. The number of benzene rings is 1. The van der Waals surface area contributed by atoms with Crippen molar-refractivity contribution >= 4 is 11.0 Å². The van der Waals surface area contributed by atoms with Crippen molar-refractivity contribution in [2.75, 3.05) is 6.61 Å². The standard InChI is InChI=1S/C21H26O13/c1-7-14(24)16(26)18(28)20(31-7)30-6-12-15(25)17(27)19(29)21(34-12)32-8-4-10(22)9-2-3-13(23)33-11(9)5-8/h2-5,7,12,14-22,24-29H,6H2,1H3/t7-,12+,14-,15+,16+,17-,18+,19+,20+,21+/m0/s1. The van der Waals surface area contributed by atoms with Crippen LogP contribution in [0, 0.1) is 0 Å². The van der Waals surface area contributed by atoms with E-state index >= 15 is 0 Å². The molecular weight excluding hydrogens is 460 g/mol. The molecule has 13 nitrogen and oxygen atoms in total. The van der Waals surface area contributed by atoms with Gasteiger partial charge in [-0.3, -0.25) is 0 Å². The van der Waals surface area contributed by atoms with E-state index in [4.69, 9.17) is 23.4 Å². The predicted molar refractivity (Wildman–Crippen MR) is 110 cm³/mol. The average molecular weight is 486 g/mol. The third-order valence-corrected chi connectivity index (χ3v) is 5.84. The number of ether oxygens (including phenoxy) is 4. The van der Waals surface area contributed by atoms with Gasteiger partial charge in [0.2, 0.25) is 6.29 Å². The lowest BCUT2D eigenvalue weighted by Crippen LogP contribution is -2.61. The third-order valence-electron chi connectivity index (χ3n) is 5.84. The van der Waals surface area contributed by atoms with E-state index in [1.54, 1.807) is 0 Å². The van der Waals surface area contributed by atoms with Crippen LogP contribution >= 0.6 is 0 Å². The van der Waals surface area contributed by atoms with Crippen molar-refractivity contribution in [3.8, 4) is 11.5 Å². The fourth-order valence-corrected chi connectivity index (χ4v) is 3.83. The van der Waals surface area contributed by atoms with Crippen LogP contribution < -0.4 is 10.4 Å². The Morgan fingerprint density at radius 2 is 1.53 bits per heavy atom. The van der Waals surface area contributed by atoms with Crippen molar-refractivity contribution in [1.29, 1.82) is 0 Å². The molecule has 34 heavy (non-hydrogen) atoms. The topological polar surface area (TPSA) is 209 Å². The highest BCUT2D eigenvalue weighted by molar-refractivity contribution is 5.84. The summed E-state index contributed by atoms with van der Waals surface area (Å²) in [5.41, 5.74) is -0.653. The van der Waals surface area contributed by atoms with E-state index in [-0.39, 0.29) is 22.5 Å². The summed E-state index contributed by atoms with van der Waals surface area (Å²) in [7, 11) is 0. The zero-order chi connectivity index (χ0) is 24.7. The lowest BCUT2D eigenvalue weighted by atomic mass is 9.98. The summed E-state index contributed by atoms with van der Waals surface area (Å²) in [6.45, 7) is 1.01. The second-order valence-electron chi connectivity index (χ2n) is 8.26. The first-order valence-corrected chi connectivity index (χ1v) is 10.5. The van der Waals surface area contributed by atoms with Gasteiger partial charge in [0.25, 0.3) is 0 Å². The van der Waals surface area contributed by atoms with Gasteiger partial charge in [-0.2, -0.15) is 0 Å². The quantitative estimate of drug-likeness (QED) is 0.219. The fourth-order valence-electron chi connectivity index (χ4n) is 3.83. The lowest BCUT2D eigenvalue weighted by molar-refractivity contribution is -0.318.